The minimum atomic E-state index is -1.50. The van der Waals surface area contributed by atoms with Crippen molar-refractivity contribution in [2.45, 2.75) is 74.9 Å². The van der Waals surface area contributed by atoms with Crippen molar-refractivity contribution in [1.82, 2.24) is 0 Å². The summed E-state index contributed by atoms with van der Waals surface area (Å²) in [6.45, 7) is 19.4. The molecule has 2 aromatic rings. The van der Waals surface area contributed by atoms with Crippen LogP contribution in [0.4, 0.5) is 0 Å². The van der Waals surface area contributed by atoms with Gasteiger partial charge < -0.3 is 0 Å². The van der Waals surface area contributed by atoms with Crippen molar-refractivity contribution >= 4 is 43.2 Å². The van der Waals surface area contributed by atoms with E-state index in [0.717, 1.165) is 0 Å². The molecule has 4 heteroatoms. The molecule has 0 spiro atoms. The molecule has 0 heterocycles. The van der Waals surface area contributed by atoms with Crippen molar-refractivity contribution in [3.63, 3.8) is 0 Å². The monoisotopic (exact) mass is 520 g/mol. The molecule has 172 valence electrons. The van der Waals surface area contributed by atoms with Gasteiger partial charge in [-0.05, 0) is 0 Å². The summed E-state index contributed by atoms with van der Waals surface area (Å²) in [5.41, 5.74) is 12.8. The molecule has 0 saturated carbocycles. The molecule has 4 rings (SSSR count). The number of hydrogen-bond acceptors (Lipinski definition) is 0. The predicted octanol–water partition coefficient (Wildman–Crippen LogP) is 9.26. The van der Waals surface area contributed by atoms with E-state index in [9.17, 15) is 0 Å². The first-order valence-electron chi connectivity index (χ1n) is 11.5. The fourth-order valence-corrected chi connectivity index (χ4v) is 19.6. The van der Waals surface area contributed by atoms with E-state index in [0.29, 0.717) is 20.3 Å². The van der Waals surface area contributed by atoms with Crippen molar-refractivity contribution < 1.29 is 16.6 Å². The van der Waals surface area contributed by atoms with Crippen LogP contribution >= 0.6 is 24.8 Å². The average molecular weight is 521 g/mol. The summed E-state index contributed by atoms with van der Waals surface area (Å²) in [5.74, 6) is 1.17. The SMILES string of the molecule is CC1=Cc2c(C(C)C)cccc2[CH]1[Ti]([CH]1C(C)=Cc2c(C(C)C)cccc21)=[Si](C)C.Cl.Cl. The fourth-order valence-electron chi connectivity index (χ4n) is 5.73. The van der Waals surface area contributed by atoms with E-state index < -0.39 is 16.6 Å². The summed E-state index contributed by atoms with van der Waals surface area (Å²) < 4.78 is 1.43. The Kier molecular flexibility index (Phi) is 9.33. The summed E-state index contributed by atoms with van der Waals surface area (Å²) >= 11 is -1.50. The molecule has 0 N–H and O–H groups in total. The van der Waals surface area contributed by atoms with E-state index in [-0.39, 0.29) is 31.0 Å². The van der Waals surface area contributed by atoms with Crippen LogP contribution in [0.15, 0.2) is 47.5 Å². The molecule has 2 atom stereocenters. The maximum atomic E-state index is 2.61. The Morgan fingerprint density at radius 3 is 1.38 bits per heavy atom. The Morgan fingerprint density at radius 1 is 0.688 bits per heavy atom. The van der Waals surface area contributed by atoms with Gasteiger partial charge >= 0.3 is 191 Å². The number of hydrogen-bond donors (Lipinski definition) is 0. The third-order valence-corrected chi connectivity index (χ3v) is 20.3. The van der Waals surface area contributed by atoms with Gasteiger partial charge in [-0.25, -0.2) is 0 Å². The second kappa shape index (κ2) is 10.8. The van der Waals surface area contributed by atoms with Crippen LogP contribution < -0.4 is 0 Å². The Morgan fingerprint density at radius 2 is 1.06 bits per heavy atom. The minimum absolute atomic E-state index is 0. The molecular formula is C28H38Cl2SiTi. The summed E-state index contributed by atoms with van der Waals surface area (Å²) in [6.07, 6.45) is 4.73. The van der Waals surface area contributed by atoms with Gasteiger partial charge in [0.2, 0.25) is 0 Å². The Labute approximate surface area is 214 Å². The van der Waals surface area contributed by atoms with Crippen molar-refractivity contribution in [2.75, 3.05) is 0 Å². The number of halogens is 2. The van der Waals surface area contributed by atoms with Crippen LogP contribution in [0, 0.1) is 0 Å². The van der Waals surface area contributed by atoms with Gasteiger partial charge in [0.05, 0.1) is 0 Å². The number of benzene rings is 2. The second-order valence-corrected chi connectivity index (χ2v) is 22.4. The summed E-state index contributed by atoms with van der Waals surface area (Å²) in [4.78, 5) is 0. The summed E-state index contributed by atoms with van der Waals surface area (Å²) in [7, 11) is 0. The van der Waals surface area contributed by atoms with Gasteiger partial charge in [-0.1, -0.05) is 0 Å². The van der Waals surface area contributed by atoms with Crippen molar-refractivity contribution in [3.05, 3.63) is 80.9 Å². The standard InChI is InChI=1S/2C13H15.C2H6Si.2ClH.Ti/c2*1-9(2)12-6-4-5-11-7-10(3)8-13(11)12;1-3-2;;;/h2*4-9H,1-3H3;1-2H3;2*1H;. The van der Waals surface area contributed by atoms with Crippen molar-refractivity contribution in [3.8, 4) is 0 Å². The molecular weight excluding hydrogens is 483 g/mol. The molecule has 0 aromatic heterocycles. The van der Waals surface area contributed by atoms with Crippen molar-refractivity contribution in [2.24, 2.45) is 0 Å². The zero-order chi connectivity index (χ0) is 21.7. The molecule has 0 radical (unpaired) electrons. The van der Waals surface area contributed by atoms with Gasteiger partial charge in [0.1, 0.15) is 0 Å². The first-order chi connectivity index (χ1) is 14.2. The first-order valence-corrected chi connectivity index (χ1v) is 18.2. The van der Waals surface area contributed by atoms with Gasteiger partial charge in [-0.15, -0.1) is 24.8 Å². The number of allylic oxidation sites excluding steroid dienone is 2. The largest absolute Gasteiger partial charge is 0.147 e. The van der Waals surface area contributed by atoms with Crippen LogP contribution in [0.2, 0.25) is 13.1 Å². The van der Waals surface area contributed by atoms with Gasteiger partial charge in [0.25, 0.3) is 0 Å². The second-order valence-electron chi connectivity index (χ2n) is 10.1. The van der Waals surface area contributed by atoms with E-state index in [2.05, 4.69) is 103 Å². The minimum Gasteiger partial charge on any atom is -0.147 e. The quantitative estimate of drug-likeness (QED) is 0.352. The zero-order valence-electron chi connectivity index (χ0n) is 20.7. The number of rotatable bonds is 4. The van der Waals surface area contributed by atoms with E-state index in [1.54, 1.807) is 33.4 Å². The fraction of sp³-hybridized carbons (Fsp3) is 0.429. The van der Waals surface area contributed by atoms with E-state index in [1.807, 2.05) is 0 Å². The maximum Gasteiger partial charge on any atom is -0.147 e. The molecule has 0 bridgehead atoms. The molecule has 2 aromatic carbocycles. The molecule has 0 aliphatic heterocycles. The van der Waals surface area contributed by atoms with E-state index in [4.69, 9.17) is 0 Å². The molecule has 2 aliphatic rings. The van der Waals surface area contributed by atoms with Crippen LogP contribution in [0.5, 0.6) is 0 Å². The van der Waals surface area contributed by atoms with Crippen LogP contribution in [-0.4, -0.2) is 6.19 Å². The molecule has 2 unspecified atom stereocenters. The molecule has 0 saturated heterocycles. The van der Waals surface area contributed by atoms with Crippen LogP contribution in [0.3, 0.4) is 0 Å². The molecule has 0 nitrogen and oxygen atoms in total. The Hall–Kier alpha value is -0.569. The molecule has 2 aliphatic carbocycles. The third kappa shape index (κ3) is 4.66. The van der Waals surface area contributed by atoms with Gasteiger partial charge in [0.15, 0.2) is 0 Å². The Balaban J connectivity index is 0.00000181. The van der Waals surface area contributed by atoms with Crippen molar-refractivity contribution in [1.29, 1.82) is 0 Å². The molecule has 0 fully saturated rings. The van der Waals surface area contributed by atoms with E-state index in [1.165, 1.54) is 11.1 Å². The topological polar surface area (TPSA) is 0 Å². The summed E-state index contributed by atoms with van der Waals surface area (Å²) in [6, 6.07) is 14.3. The smallest absolute Gasteiger partial charge is 0.147 e. The van der Waals surface area contributed by atoms with Gasteiger partial charge in [-0.3, -0.25) is 0 Å². The number of fused-ring (bicyclic) bond motifs is 2. The molecule has 32 heavy (non-hydrogen) atoms. The normalized spacial score (nSPS) is 18.4. The predicted molar refractivity (Wildman–Crippen MR) is 146 cm³/mol. The molecule has 0 amide bonds. The zero-order valence-corrected chi connectivity index (χ0v) is 24.9. The van der Waals surface area contributed by atoms with Crippen LogP contribution in [-0.2, 0) is 16.6 Å². The third-order valence-electron chi connectivity index (χ3n) is 7.07. The summed E-state index contributed by atoms with van der Waals surface area (Å²) in [5, 5.41) is 0. The maximum absolute atomic E-state index is 2.61. The van der Waals surface area contributed by atoms with Gasteiger partial charge in [0, 0.05) is 0 Å². The first kappa shape index (κ1) is 27.7. The average Bonchev–Trinajstić information content (AvgIpc) is 3.18. The van der Waals surface area contributed by atoms with Crippen LogP contribution in [0.25, 0.3) is 12.2 Å². The van der Waals surface area contributed by atoms with Gasteiger partial charge in [-0.2, -0.15) is 0 Å². The van der Waals surface area contributed by atoms with E-state index >= 15 is 0 Å². The van der Waals surface area contributed by atoms with Crippen LogP contribution in [0.1, 0.15) is 95.2 Å². The Bertz CT molecular complexity index is 1020.